The Balaban J connectivity index is 1.38. The van der Waals surface area contributed by atoms with Gasteiger partial charge in [-0.1, -0.05) is 24.3 Å². The molecule has 0 unspecified atom stereocenters. The van der Waals surface area contributed by atoms with E-state index in [9.17, 15) is 18.4 Å². The van der Waals surface area contributed by atoms with Crippen LogP contribution in [0.15, 0.2) is 47.3 Å². The maximum Gasteiger partial charge on any atom is 0.586 e. The van der Waals surface area contributed by atoms with Crippen molar-refractivity contribution in [2.24, 2.45) is 7.05 Å². The monoisotopic (exact) mass is 428 g/mol. The van der Waals surface area contributed by atoms with Gasteiger partial charge in [-0.2, -0.15) is 5.10 Å². The number of anilines is 1. The van der Waals surface area contributed by atoms with Gasteiger partial charge in [0.05, 0.1) is 11.1 Å². The van der Waals surface area contributed by atoms with Crippen LogP contribution >= 0.6 is 0 Å². The number of piperazine rings is 1. The van der Waals surface area contributed by atoms with E-state index in [4.69, 9.17) is 0 Å². The number of carbonyl (C=O) groups is 1. The van der Waals surface area contributed by atoms with Crippen molar-refractivity contribution in [2.75, 3.05) is 31.1 Å². The van der Waals surface area contributed by atoms with Gasteiger partial charge in [0.2, 0.25) is 0 Å². The van der Waals surface area contributed by atoms with Gasteiger partial charge in [0.1, 0.15) is 0 Å². The quantitative estimate of drug-likeness (QED) is 0.623. The average molecular weight is 428 g/mol. The topological polar surface area (TPSA) is 76.9 Å². The summed E-state index contributed by atoms with van der Waals surface area (Å²) in [5.74, 6) is -0.296. The molecule has 1 saturated heterocycles. The average Bonchev–Trinajstić information content (AvgIpc) is 3.10. The molecule has 8 nitrogen and oxygen atoms in total. The number of rotatable bonds is 2. The first kappa shape index (κ1) is 19.3. The van der Waals surface area contributed by atoms with Crippen LogP contribution in [0.4, 0.5) is 14.5 Å². The molecule has 1 fully saturated rings. The van der Waals surface area contributed by atoms with E-state index in [1.54, 1.807) is 41.3 Å². The lowest BCUT2D eigenvalue weighted by molar-refractivity contribution is -0.286. The molecular weight excluding hydrogens is 410 g/mol. The molecule has 31 heavy (non-hydrogen) atoms. The Labute approximate surface area is 175 Å². The van der Waals surface area contributed by atoms with E-state index >= 15 is 0 Å². The minimum absolute atomic E-state index is 0.00185. The molecule has 10 heteroatoms. The molecule has 0 bridgehead atoms. The van der Waals surface area contributed by atoms with E-state index in [0.717, 1.165) is 4.68 Å². The first-order chi connectivity index (χ1) is 14.8. The molecule has 0 N–H and O–H groups in total. The summed E-state index contributed by atoms with van der Waals surface area (Å²) in [6.07, 6.45) is -3.69. The minimum atomic E-state index is -3.69. The largest absolute Gasteiger partial charge is 0.586 e. The number of benzene rings is 2. The number of hydrogen-bond acceptors (Lipinski definition) is 6. The summed E-state index contributed by atoms with van der Waals surface area (Å²) in [5.41, 5.74) is 0.435. The van der Waals surface area contributed by atoms with Crippen LogP contribution in [0, 0.1) is 0 Å². The highest BCUT2D eigenvalue weighted by molar-refractivity contribution is 6.04. The van der Waals surface area contributed by atoms with Crippen molar-refractivity contribution in [3.8, 4) is 11.5 Å². The number of nitrogens with zero attached hydrogens (tertiary/aromatic N) is 4. The highest BCUT2D eigenvalue weighted by Gasteiger charge is 2.45. The standard InChI is InChI=1S/C21H18F2N4O4/c1-25-19(28)14-6-3-2-5-13(14)17(24-25)20(29)27-11-9-26(10-12-27)15-7-4-8-16-18(15)31-21(22,23)30-16/h2-8H,9-12H2,1H3. The number of aromatic nitrogens is 2. The van der Waals surface area contributed by atoms with Gasteiger partial charge < -0.3 is 19.3 Å². The van der Waals surface area contributed by atoms with E-state index in [-0.39, 0.29) is 28.7 Å². The third-order valence-electron chi connectivity index (χ3n) is 5.47. The van der Waals surface area contributed by atoms with E-state index < -0.39 is 6.29 Å². The van der Waals surface area contributed by atoms with Gasteiger partial charge in [-0.05, 0) is 18.2 Å². The number of ether oxygens (including phenoxy) is 2. The van der Waals surface area contributed by atoms with E-state index in [0.29, 0.717) is 42.6 Å². The van der Waals surface area contributed by atoms with Crippen LogP contribution in [0.5, 0.6) is 11.5 Å². The molecule has 1 amide bonds. The van der Waals surface area contributed by atoms with Crippen molar-refractivity contribution in [3.05, 3.63) is 58.5 Å². The summed E-state index contributed by atoms with van der Waals surface area (Å²) in [5, 5.41) is 5.13. The number of alkyl halides is 2. The zero-order valence-electron chi connectivity index (χ0n) is 16.5. The predicted molar refractivity (Wildman–Crippen MR) is 108 cm³/mol. The Morgan fingerprint density at radius 3 is 2.45 bits per heavy atom. The van der Waals surface area contributed by atoms with Crippen LogP contribution in [-0.4, -0.2) is 53.1 Å². The zero-order valence-corrected chi connectivity index (χ0v) is 16.5. The first-order valence-electron chi connectivity index (χ1n) is 9.73. The molecular formula is C21H18F2N4O4. The van der Waals surface area contributed by atoms with E-state index in [1.807, 2.05) is 4.90 Å². The lowest BCUT2D eigenvalue weighted by Crippen LogP contribution is -2.49. The molecule has 0 spiro atoms. The molecule has 5 rings (SSSR count). The summed E-state index contributed by atoms with van der Waals surface area (Å²) in [4.78, 5) is 29.0. The lowest BCUT2D eigenvalue weighted by Gasteiger charge is -2.36. The van der Waals surface area contributed by atoms with Crippen molar-refractivity contribution in [1.82, 2.24) is 14.7 Å². The van der Waals surface area contributed by atoms with Gasteiger partial charge in [0.25, 0.3) is 11.5 Å². The summed E-state index contributed by atoms with van der Waals surface area (Å²) < 4.78 is 37.3. The maximum absolute atomic E-state index is 13.5. The number of amides is 1. The summed E-state index contributed by atoms with van der Waals surface area (Å²) >= 11 is 0. The third kappa shape index (κ3) is 3.24. The third-order valence-corrected chi connectivity index (χ3v) is 5.47. The normalized spacial score (nSPS) is 17.3. The van der Waals surface area contributed by atoms with E-state index in [2.05, 4.69) is 14.6 Å². The molecule has 2 aliphatic rings. The van der Waals surface area contributed by atoms with Gasteiger partial charge in [-0.25, -0.2) is 4.68 Å². The van der Waals surface area contributed by atoms with Crippen molar-refractivity contribution >= 4 is 22.4 Å². The molecule has 0 radical (unpaired) electrons. The Bertz CT molecular complexity index is 1250. The molecule has 3 aromatic rings. The predicted octanol–water partition coefficient (Wildman–Crippen LogP) is 2.22. The number of halogens is 2. The molecule has 0 atom stereocenters. The van der Waals surface area contributed by atoms with Gasteiger partial charge in [-0.3, -0.25) is 9.59 Å². The summed E-state index contributed by atoms with van der Waals surface area (Å²) in [6, 6.07) is 11.6. The van der Waals surface area contributed by atoms with Crippen molar-refractivity contribution in [1.29, 1.82) is 0 Å². The smallest absolute Gasteiger partial charge is 0.395 e. The summed E-state index contributed by atoms with van der Waals surface area (Å²) in [7, 11) is 1.51. The highest BCUT2D eigenvalue weighted by Crippen LogP contribution is 2.47. The maximum atomic E-state index is 13.5. The summed E-state index contributed by atoms with van der Waals surface area (Å²) in [6.45, 7) is 1.55. The molecule has 1 aromatic heterocycles. The van der Waals surface area contributed by atoms with Crippen molar-refractivity contribution < 1.29 is 23.0 Å². The number of aryl methyl sites for hydroxylation is 1. The number of carbonyl (C=O) groups excluding carboxylic acids is 1. The lowest BCUT2D eigenvalue weighted by atomic mass is 10.1. The van der Waals surface area contributed by atoms with Crippen LogP contribution < -0.4 is 19.9 Å². The van der Waals surface area contributed by atoms with E-state index in [1.165, 1.54) is 13.1 Å². The van der Waals surface area contributed by atoms with Crippen LogP contribution in [-0.2, 0) is 7.05 Å². The van der Waals surface area contributed by atoms with Crippen LogP contribution in [0.1, 0.15) is 10.5 Å². The zero-order chi connectivity index (χ0) is 21.8. The molecule has 160 valence electrons. The fourth-order valence-corrected chi connectivity index (χ4v) is 3.96. The molecule has 2 aromatic carbocycles. The molecule has 0 saturated carbocycles. The Hall–Kier alpha value is -3.69. The fraction of sp³-hybridized carbons (Fsp3) is 0.286. The van der Waals surface area contributed by atoms with Crippen molar-refractivity contribution in [3.63, 3.8) is 0 Å². The van der Waals surface area contributed by atoms with Gasteiger partial charge in [0, 0.05) is 38.6 Å². The number of fused-ring (bicyclic) bond motifs is 2. The SMILES string of the molecule is Cn1nc(C(=O)N2CCN(c3cccc4c3OC(F)(F)O4)CC2)c2ccccc2c1=O. The molecule has 2 aliphatic heterocycles. The second-order valence-electron chi connectivity index (χ2n) is 7.37. The second-order valence-corrected chi connectivity index (χ2v) is 7.37. The van der Waals surface area contributed by atoms with Crippen LogP contribution in [0.3, 0.4) is 0 Å². The minimum Gasteiger partial charge on any atom is -0.395 e. The number of hydrogen-bond donors (Lipinski definition) is 0. The fourth-order valence-electron chi connectivity index (χ4n) is 3.96. The van der Waals surface area contributed by atoms with Crippen LogP contribution in [0.2, 0.25) is 0 Å². The Morgan fingerprint density at radius 2 is 1.71 bits per heavy atom. The van der Waals surface area contributed by atoms with Crippen LogP contribution in [0.25, 0.3) is 10.8 Å². The Kier molecular flexibility index (Phi) is 4.31. The van der Waals surface area contributed by atoms with Crippen molar-refractivity contribution in [2.45, 2.75) is 6.29 Å². The first-order valence-corrected chi connectivity index (χ1v) is 9.73. The highest BCUT2D eigenvalue weighted by atomic mass is 19.3. The van der Waals surface area contributed by atoms with Gasteiger partial charge >= 0.3 is 6.29 Å². The van der Waals surface area contributed by atoms with Gasteiger partial charge in [0.15, 0.2) is 17.2 Å². The molecule has 3 heterocycles. The molecule has 0 aliphatic carbocycles. The second kappa shape index (κ2) is 6.93. The van der Waals surface area contributed by atoms with Gasteiger partial charge in [-0.15, -0.1) is 8.78 Å². The number of para-hydroxylation sites is 1. The Morgan fingerprint density at radius 1 is 1.00 bits per heavy atom.